The maximum atomic E-state index is 12.1. The monoisotopic (exact) mass is 416 g/mol. The van der Waals surface area contributed by atoms with E-state index in [0.717, 1.165) is 5.39 Å². The Morgan fingerprint density at radius 3 is 2.40 bits per heavy atom. The summed E-state index contributed by atoms with van der Waals surface area (Å²) < 4.78 is 0. The lowest BCUT2D eigenvalue weighted by molar-refractivity contribution is -0.145. The molecule has 2 aromatic rings. The number of carbonyl (C=O) groups excluding carboxylic acids is 2. The van der Waals surface area contributed by atoms with Crippen LogP contribution in [0, 0.1) is 0 Å². The summed E-state index contributed by atoms with van der Waals surface area (Å²) in [4.78, 5) is 52.6. The number of amides is 2. The molecule has 0 spiro atoms. The number of hydrogen-bond donors (Lipinski definition) is 4. The molecule has 1 aliphatic rings. The van der Waals surface area contributed by atoms with Crippen LogP contribution in [-0.4, -0.2) is 74.9 Å². The Balaban J connectivity index is 1.78. The van der Waals surface area contributed by atoms with Gasteiger partial charge in [-0.1, -0.05) is 6.07 Å². The van der Waals surface area contributed by atoms with Crippen molar-refractivity contribution in [3.63, 3.8) is 0 Å². The third-order valence-electron chi connectivity index (χ3n) is 5.22. The predicted molar refractivity (Wildman–Crippen MR) is 108 cm³/mol. The lowest BCUT2D eigenvalue weighted by Crippen LogP contribution is -2.50. The molecule has 30 heavy (non-hydrogen) atoms. The average molecular weight is 416 g/mol. The zero-order valence-corrected chi connectivity index (χ0v) is 16.6. The Morgan fingerprint density at radius 2 is 1.80 bits per heavy atom. The number of rotatable bonds is 7. The van der Waals surface area contributed by atoms with Crippen molar-refractivity contribution in [1.82, 2.24) is 14.8 Å². The molecule has 10 heteroatoms. The van der Waals surface area contributed by atoms with Crippen LogP contribution in [0.2, 0.25) is 0 Å². The van der Waals surface area contributed by atoms with E-state index in [0.29, 0.717) is 42.9 Å². The second kappa shape index (κ2) is 8.95. The fourth-order valence-electron chi connectivity index (χ4n) is 3.68. The number of anilines is 1. The SMILES string of the molecule is CC(=O)N1CCN([C@@H](C(=O)O)c2c[nH]c3cc(NC(=O)CCC(=O)O)ccc23)CC1. The van der Waals surface area contributed by atoms with Crippen molar-refractivity contribution < 1.29 is 29.4 Å². The number of piperazine rings is 1. The Hall–Kier alpha value is -3.40. The lowest BCUT2D eigenvalue weighted by Gasteiger charge is -2.37. The molecular formula is C20H24N4O6. The molecule has 1 saturated heterocycles. The first-order valence-electron chi connectivity index (χ1n) is 9.61. The van der Waals surface area contributed by atoms with Gasteiger partial charge in [0, 0.05) is 67.9 Å². The predicted octanol–water partition coefficient (Wildman–Crippen LogP) is 1.26. The van der Waals surface area contributed by atoms with E-state index in [9.17, 15) is 24.3 Å². The highest BCUT2D eigenvalue weighted by Crippen LogP contribution is 2.31. The first kappa shape index (κ1) is 21.3. The van der Waals surface area contributed by atoms with Gasteiger partial charge in [0.1, 0.15) is 6.04 Å². The highest BCUT2D eigenvalue weighted by molar-refractivity contribution is 5.96. The van der Waals surface area contributed by atoms with Crippen LogP contribution in [0.4, 0.5) is 5.69 Å². The molecule has 3 rings (SSSR count). The number of aromatic nitrogens is 1. The molecule has 1 aliphatic heterocycles. The van der Waals surface area contributed by atoms with E-state index in [1.54, 1.807) is 29.3 Å². The summed E-state index contributed by atoms with van der Waals surface area (Å²) in [6.45, 7) is 3.38. The van der Waals surface area contributed by atoms with Crippen molar-refractivity contribution >= 4 is 40.3 Å². The van der Waals surface area contributed by atoms with Crippen molar-refractivity contribution in [2.75, 3.05) is 31.5 Å². The van der Waals surface area contributed by atoms with E-state index in [1.165, 1.54) is 6.92 Å². The number of carboxylic acids is 2. The third kappa shape index (κ3) is 4.77. The van der Waals surface area contributed by atoms with E-state index in [2.05, 4.69) is 10.3 Å². The number of H-pyrrole nitrogens is 1. The Bertz CT molecular complexity index is 977. The largest absolute Gasteiger partial charge is 0.481 e. The van der Waals surface area contributed by atoms with Gasteiger partial charge in [-0.15, -0.1) is 0 Å². The number of carbonyl (C=O) groups is 4. The number of hydrogen-bond acceptors (Lipinski definition) is 5. The van der Waals surface area contributed by atoms with Gasteiger partial charge in [-0.2, -0.15) is 0 Å². The van der Waals surface area contributed by atoms with Crippen LogP contribution in [0.5, 0.6) is 0 Å². The maximum absolute atomic E-state index is 12.1. The fraction of sp³-hybridized carbons (Fsp3) is 0.400. The Morgan fingerprint density at radius 1 is 1.10 bits per heavy atom. The molecule has 0 unspecified atom stereocenters. The van der Waals surface area contributed by atoms with Crippen LogP contribution in [0.3, 0.4) is 0 Å². The molecule has 4 N–H and O–H groups in total. The molecule has 0 bridgehead atoms. The van der Waals surface area contributed by atoms with Crippen molar-refractivity contribution in [2.24, 2.45) is 0 Å². The minimum Gasteiger partial charge on any atom is -0.481 e. The highest BCUT2D eigenvalue weighted by Gasteiger charge is 2.32. The normalized spacial score (nSPS) is 15.7. The molecule has 0 saturated carbocycles. The van der Waals surface area contributed by atoms with Crippen LogP contribution in [0.15, 0.2) is 24.4 Å². The number of fused-ring (bicyclic) bond motifs is 1. The zero-order chi connectivity index (χ0) is 21.8. The minimum atomic E-state index is -1.04. The second-order valence-electron chi connectivity index (χ2n) is 7.23. The molecule has 1 aromatic carbocycles. The summed E-state index contributed by atoms with van der Waals surface area (Å²) in [5, 5.41) is 21.9. The van der Waals surface area contributed by atoms with E-state index >= 15 is 0 Å². The van der Waals surface area contributed by atoms with Crippen molar-refractivity contribution in [3.8, 4) is 0 Å². The van der Waals surface area contributed by atoms with Gasteiger partial charge >= 0.3 is 11.9 Å². The van der Waals surface area contributed by atoms with Crippen LogP contribution in [-0.2, 0) is 19.2 Å². The molecule has 0 aliphatic carbocycles. The minimum absolute atomic E-state index is 0.0217. The number of aromatic amines is 1. The van der Waals surface area contributed by atoms with Crippen LogP contribution < -0.4 is 5.32 Å². The number of benzene rings is 1. The second-order valence-corrected chi connectivity index (χ2v) is 7.23. The summed E-state index contributed by atoms with van der Waals surface area (Å²) in [5.41, 5.74) is 1.76. The first-order valence-corrected chi connectivity index (χ1v) is 9.61. The summed E-state index contributed by atoms with van der Waals surface area (Å²) in [5.74, 6) is -2.45. The van der Waals surface area contributed by atoms with Crippen LogP contribution in [0.1, 0.15) is 31.4 Å². The molecular weight excluding hydrogens is 392 g/mol. The topological polar surface area (TPSA) is 143 Å². The van der Waals surface area contributed by atoms with Gasteiger partial charge in [-0.05, 0) is 12.1 Å². The number of nitrogens with one attached hydrogen (secondary N) is 2. The smallest absolute Gasteiger partial charge is 0.325 e. The molecule has 1 fully saturated rings. The molecule has 0 radical (unpaired) electrons. The number of nitrogens with zero attached hydrogens (tertiary/aromatic N) is 2. The number of aliphatic carboxylic acids is 2. The summed E-state index contributed by atoms with van der Waals surface area (Å²) in [6.07, 6.45) is 1.27. The molecule has 160 valence electrons. The molecule has 2 amide bonds. The molecule has 10 nitrogen and oxygen atoms in total. The molecule has 1 atom stereocenters. The fourth-order valence-corrected chi connectivity index (χ4v) is 3.68. The van der Waals surface area contributed by atoms with E-state index in [-0.39, 0.29) is 18.7 Å². The van der Waals surface area contributed by atoms with Crippen LogP contribution in [0.25, 0.3) is 10.9 Å². The molecule has 2 heterocycles. The summed E-state index contributed by atoms with van der Waals surface area (Å²) in [6, 6.07) is 4.22. The van der Waals surface area contributed by atoms with E-state index in [4.69, 9.17) is 5.11 Å². The van der Waals surface area contributed by atoms with Crippen LogP contribution >= 0.6 is 0 Å². The molecule has 1 aromatic heterocycles. The van der Waals surface area contributed by atoms with Gasteiger partial charge in [0.05, 0.1) is 6.42 Å². The van der Waals surface area contributed by atoms with Crippen molar-refractivity contribution in [1.29, 1.82) is 0 Å². The summed E-state index contributed by atoms with van der Waals surface area (Å²) >= 11 is 0. The van der Waals surface area contributed by atoms with Crippen molar-refractivity contribution in [3.05, 3.63) is 30.0 Å². The highest BCUT2D eigenvalue weighted by atomic mass is 16.4. The third-order valence-corrected chi connectivity index (χ3v) is 5.22. The number of carboxylic acid groups (broad SMARTS) is 2. The Labute approximate surface area is 172 Å². The zero-order valence-electron chi connectivity index (χ0n) is 16.6. The van der Waals surface area contributed by atoms with Gasteiger partial charge < -0.3 is 25.4 Å². The van der Waals surface area contributed by atoms with E-state index in [1.807, 2.05) is 4.90 Å². The van der Waals surface area contributed by atoms with Gasteiger partial charge in [-0.25, -0.2) is 0 Å². The van der Waals surface area contributed by atoms with Gasteiger partial charge in [0.25, 0.3) is 0 Å². The quantitative estimate of drug-likeness (QED) is 0.532. The summed E-state index contributed by atoms with van der Waals surface area (Å²) in [7, 11) is 0. The van der Waals surface area contributed by atoms with Gasteiger partial charge in [-0.3, -0.25) is 24.1 Å². The van der Waals surface area contributed by atoms with Gasteiger partial charge in [0.15, 0.2) is 0 Å². The Kier molecular flexibility index (Phi) is 6.36. The average Bonchev–Trinajstić information content (AvgIpc) is 3.09. The first-order chi connectivity index (χ1) is 14.3. The lowest BCUT2D eigenvalue weighted by atomic mass is 10.0. The standard InChI is InChI=1S/C20H24N4O6/c1-12(25)23-6-8-24(9-7-23)19(20(29)30)15-11-21-16-10-13(2-3-14(15)16)22-17(26)4-5-18(27)28/h2-3,10-11,19,21H,4-9H2,1H3,(H,22,26)(H,27,28)(H,29,30)/t19-/m1/s1. The maximum Gasteiger partial charge on any atom is 0.325 e. The van der Waals surface area contributed by atoms with Crippen molar-refractivity contribution in [2.45, 2.75) is 25.8 Å². The van der Waals surface area contributed by atoms with E-state index < -0.39 is 23.9 Å². The van der Waals surface area contributed by atoms with Gasteiger partial charge in [0.2, 0.25) is 11.8 Å².